The van der Waals surface area contributed by atoms with Gasteiger partial charge in [-0.05, 0) is 18.2 Å². The number of ether oxygens (including phenoxy) is 2. The van der Waals surface area contributed by atoms with Crippen molar-refractivity contribution in [2.45, 2.75) is 0 Å². The Bertz CT molecular complexity index is 727. The third-order valence-corrected chi connectivity index (χ3v) is 6.04. The summed E-state index contributed by atoms with van der Waals surface area (Å²) in [6, 6.07) is 5.12. The molecule has 1 aromatic rings. The van der Waals surface area contributed by atoms with Crippen molar-refractivity contribution in [1.29, 1.82) is 0 Å². The fourth-order valence-corrected chi connectivity index (χ4v) is 3.80. The molecular formula is C15H21N3O5S. The highest BCUT2D eigenvalue weighted by molar-refractivity contribution is 7.86. The van der Waals surface area contributed by atoms with E-state index in [2.05, 4.69) is 0 Å². The summed E-state index contributed by atoms with van der Waals surface area (Å²) in [6.07, 6.45) is 0. The highest BCUT2D eigenvalue weighted by Gasteiger charge is 2.30. The van der Waals surface area contributed by atoms with Gasteiger partial charge in [-0.1, -0.05) is 0 Å². The van der Waals surface area contributed by atoms with Crippen LogP contribution < -0.4 is 9.47 Å². The van der Waals surface area contributed by atoms with Crippen LogP contribution in [0.3, 0.4) is 0 Å². The first-order valence-corrected chi connectivity index (χ1v) is 9.16. The van der Waals surface area contributed by atoms with Crippen LogP contribution in [0, 0.1) is 0 Å². The van der Waals surface area contributed by atoms with Gasteiger partial charge < -0.3 is 14.4 Å². The third-order valence-electron chi connectivity index (χ3n) is 4.10. The van der Waals surface area contributed by atoms with Crippen LogP contribution in [0.15, 0.2) is 18.2 Å². The summed E-state index contributed by atoms with van der Waals surface area (Å²) >= 11 is 0. The number of hydrogen-bond donors (Lipinski definition) is 0. The molecule has 1 fully saturated rings. The van der Waals surface area contributed by atoms with Crippen LogP contribution in [-0.2, 0) is 10.2 Å². The second-order valence-corrected chi connectivity index (χ2v) is 7.98. The summed E-state index contributed by atoms with van der Waals surface area (Å²) < 4.78 is 37.7. The highest BCUT2D eigenvalue weighted by atomic mass is 32.2. The molecule has 2 heterocycles. The molecule has 0 aromatic heterocycles. The molecule has 0 saturated carbocycles. The van der Waals surface area contributed by atoms with Crippen molar-refractivity contribution < 1.29 is 22.7 Å². The van der Waals surface area contributed by atoms with Gasteiger partial charge in [0, 0.05) is 45.8 Å². The average Bonchev–Trinajstić information content (AvgIpc) is 2.60. The highest BCUT2D eigenvalue weighted by Crippen LogP contribution is 2.31. The molecule has 132 valence electrons. The van der Waals surface area contributed by atoms with Gasteiger partial charge in [-0.25, -0.2) is 0 Å². The number of piperazine rings is 1. The summed E-state index contributed by atoms with van der Waals surface area (Å²) in [7, 11) is -0.430. The molecule has 1 aromatic carbocycles. The maximum absolute atomic E-state index is 12.6. The SMILES string of the molecule is CN(C)S(=O)(=O)N1CCN(C(=O)c2ccc3c(c2)OCCO3)CC1. The van der Waals surface area contributed by atoms with Gasteiger partial charge in [0.1, 0.15) is 13.2 Å². The number of carbonyl (C=O) groups excluding carboxylic acids is 1. The monoisotopic (exact) mass is 355 g/mol. The lowest BCUT2D eigenvalue weighted by Gasteiger charge is -2.35. The Morgan fingerprint density at radius 2 is 1.67 bits per heavy atom. The van der Waals surface area contributed by atoms with E-state index in [-0.39, 0.29) is 19.0 Å². The Hall–Kier alpha value is -1.84. The van der Waals surface area contributed by atoms with Gasteiger partial charge in [-0.3, -0.25) is 4.79 Å². The fourth-order valence-electron chi connectivity index (χ4n) is 2.71. The predicted octanol–water partition coefficient (Wildman–Crippen LogP) is 0.0220. The molecular weight excluding hydrogens is 334 g/mol. The van der Waals surface area contributed by atoms with Gasteiger partial charge in [-0.2, -0.15) is 17.0 Å². The number of hydrogen-bond acceptors (Lipinski definition) is 5. The molecule has 0 spiro atoms. The molecule has 1 amide bonds. The van der Waals surface area contributed by atoms with Crippen molar-refractivity contribution in [2.75, 3.05) is 53.5 Å². The van der Waals surface area contributed by atoms with E-state index in [9.17, 15) is 13.2 Å². The molecule has 1 saturated heterocycles. The Labute approximate surface area is 141 Å². The molecule has 8 nitrogen and oxygen atoms in total. The molecule has 0 N–H and O–H groups in total. The van der Waals surface area contributed by atoms with Crippen LogP contribution in [-0.4, -0.2) is 81.3 Å². The van der Waals surface area contributed by atoms with Gasteiger partial charge in [0.15, 0.2) is 11.5 Å². The Balaban J connectivity index is 1.67. The van der Waals surface area contributed by atoms with E-state index in [0.717, 1.165) is 0 Å². The quantitative estimate of drug-likeness (QED) is 0.764. The largest absolute Gasteiger partial charge is 0.486 e. The van der Waals surface area contributed by atoms with Gasteiger partial charge in [-0.15, -0.1) is 0 Å². The standard InChI is InChI=1S/C15H21N3O5S/c1-16(2)24(20,21)18-7-5-17(6-8-18)15(19)12-3-4-13-14(11-12)23-10-9-22-13/h3-4,11H,5-10H2,1-2H3. The molecule has 9 heteroatoms. The zero-order valence-corrected chi connectivity index (χ0v) is 14.6. The van der Waals surface area contributed by atoms with E-state index in [1.807, 2.05) is 0 Å². The normalized spacial score (nSPS) is 18.7. The van der Waals surface area contributed by atoms with Gasteiger partial charge in [0.25, 0.3) is 16.1 Å². The molecule has 0 aliphatic carbocycles. The average molecular weight is 355 g/mol. The van der Waals surface area contributed by atoms with Crippen molar-refractivity contribution in [3.05, 3.63) is 23.8 Å². The van der Waals surface area contributed by atoms with Crippen LogP contribution in [0.5, 0.6) is 11.5 Å². The Kier molecular flexibility index (Phi) is 4.66. The first kappa shape index (κ1) is 17.0. The first-order valence-electron chi connectivity index (χ1n) is 7.76. The molecule has 3 rings (SSSR count). The minimum absolute atomic E-state index is 0.131. The van der Waals surface area contributed by atoms with E-state index in [0.29, 0.717) is 43.4 Å². The second kappa shape index (κ2) is 6.58. The maximum Gasteiger partial charge on any atom is 0.281 e. The van der Waals surface area contributed by atoms with E-state index >= 15 is 0 Å². The van der Waals surface area contributed by atoms with Gasteiger partial charge in [0.2, 0.25) is 0 Å². The number of amides is 1. The molecule has 2 aliphatic heterocycles. The van der Waals surface area contributed by atoms with Crippen LogP contribution in [0.25, 0.3) is 0 Å². The van der Waals surface area contributed by atoms with Crippen LogP contribution >= 0.6 is 0 Å². The Morgan fingerprint density at radius 3 is 2.29 bits per heavy atom. The molecule has 0 radical (unpaired) electrons. The molecule has 24 heavy (non-hydrogen) atoms. The van der Waals surface area contributed by atoms with Crippen LogP contribution in [0.4, 0.5) is 0 Å². The Morgan fingerprint density at radius 1 is 1.04 bits per heavy atom. The summed E-state index contributed by atoms with van der Waals surface area (Å²) in [5, 5.41) is 0. The summed E-state index contributed by atoms with van der Waals surface area (Å²) in [6.45, 7) is 2.27. The van der Waals surface area contributed by atoms with Crippen molar-refractivity contribution in [3.63, 3.8) is 0 Å². The lowest BCUT2D eigenvalue weighted by molar-refractivity contribution is 0.0694. The molecule has 0 atom stereocenters. The minimum Gasteiger partial charge on any atom is -0.486 e. The van der Waals surface area contributed by atoms with Crippen molar-refractivity contribution in [1.82, 2.24) is 13.5 Å². The lowest BCUT2D eigenvalue weighted by atomic mass is 10.1. The zero-order chi connectivity index (χ0) is 17.3. The number of rotatable bonds is 3. The van der Waals surface area contributed by atoms with E-state index in [4.69, 9.17) is 9.47 Å². The second-order valence-electron chi connectivity index (χ2n) is 5.84. The maximum atomic E-state index is 12.6. The third kappa shape index (κ3) is 3.19. The smallest absolute Gasteiger partial charge is 0.281 e. The van der Waals surface area contributed by atoms with E-state index in [1.54, 1.807) is 23.1 Å². The number of carbonyl (C=O) groups is 1. The van der Waals surface area contributed by atoms with Crippen LogP contribution in [0.2, 0.25) is 0 Å². The van der Waals surface area contributed by atoms with Crippen molar-refractivity contribution >= 4 is 16.1 Å². The number of nitrogens with zero attached hydrogens (tertiary/aromatic N) is 3. The molecule has 2 aliphatic rings. The van der Waals surface area contributed by atoms with Crippen molar-refractivity contribution in [3.8, 4) is 11.5 Å². The summed E-state index contributed by atoms with van der Waals surface area (Å²) in [5.74, 6) is 1.08. The fraction of sp³-hybridized carbons (Fsp3) is 0.533. The zero-order valence-electron chi connectivity index (χ0n) is 13.8. The molecule has 0 bridgehead atoms. The number of fused-ring (bicyclic) bond motifs is 1. The minimum atomic E-state index is -3.43. The van der Waals surface area contributed by atoms with Crippen molar-refractivity contribution in [2.24, 2.45) is 0 Å². The molecule has 0 unspecified atom stereocenters. The van der Waals surface area contributed by atoms with E-state index in [1.165, 1.54) is 22.7 Å². The summed E-state index contributed by atoms with van der Waals surface area (Å²) in [4.78, 5) is 14.3. The lowest BCUT2D eigenvalue weighted by Crippen LogP contribution is -2.53. The first-order chi connectivity index (χ1) is 11.4. The van der Waals surface area contributed by atoms with E-state index < -0.39 is 10.2 Å². The number of benzene rings is 1. The summed E-state index contributed by atoms with van der Waals surface area (Å²) in [5.41, 5.74) is 0.517. The van der Waals surface area contributed by atoms with Gasteiger partial charge in [0.05, 0.1) is 0 Å². The van der Waals surface area contributed by atoms with Gasteiger partial charge >= 0.3 is 0 Å². The topological polar surface area (TPSA) is 79.4 Å². The van der Waals surface area contributed by atoms with Crippen LogP contribution in [0.1, 0.15) is 10.4 Å². The predicted molar refractivity (Wildman–Crippen MR) is 87.5 cm³/mol.